The van der Waals surface area contributed by atoms with Crippen LogP contribution in [0.5, 0.6) is 0 Å². The number of piperazine rings is 1. The zero-order valence-electron chi connectivity index (χ0n) is 11.2. The van der Waals surface area contributed by atoms with E-state index in [0.717, 1.165) is 43.6 Å². The molecule has 0 unspecified atom stereocenters. The quantitative estimate of drug-likeness (QED) is 0.550. The van der Waals surface area contributed by atoms with Gasteiger partial charge in [0.1, 0.15) is 0 Å². The number of aliphatic imine (C=N–C) groups is 1. The first kappa shape index (κ1) is 14.3. The molecule has 1 aromatic rings. The zero-order valence-corrected chi connectivity index (χ0v) is 14.1. The van der Waals surface area contributed by atoms with Crippen LogP contribution < -0.4 is 10.2 Å². The number of nitrogens with one attached hydrogen (secondary N) is 1. The summed E-state index contributed by atoms with van der Waals surface area (Å²) in [5.74, 6) is 2.56. The Balaban J connectivity index is 2.11. The number of aryl methyl sites for hydroxylation is 1. The second-order valence-corrected chi connectivity index (χ2v) is 5.23. The zero-order chi connectivity index (χ0) is 13.7. The van der Waals surface area contributed by atoms with Crippen LogP contribution in [0.2, 0.25) is 0 Å². The van der Waals surface area contributed by atoms with Gasteiger partial charge in [-0.25, -0.2) is 0 Å². The SMILES string of the molecule is Cc1nc(NC=N[CH]=[W])cc(N2CCN(C)CC2)n1. The van der Waals surface area contributed by atoms with Crippen molar-refractivity contribution in [3.05, 3.63) is 11.9 Å². The van der Waals surface area contributed by atoms with E-state index >= 15 is 0 Å². The molecule has 102 valence electrons. The molecule has 1 aliphatic rings. The average Bonchev–Trinajstić information content (AvgIpc) is 2.39. The average molecular weight is 430 g/mol. The summed E-state index contributed by atoms with van der Waals surface area (Å²) >= 11 is 1.32. The monoisotopic (exact) mass is 430 g/mol. The summed E-state index contributed by atoms with van der Waals surface area (Å²) < 4.78 is 1.81. The molecule has 19 heavy (non-hydrogen) atoms. The third kappa shape index (κ3) is 4.18. The number of nitrogens with zero attached hydrogens (tertiary/aromatic N) is 5. The van der Waals surface area contributed by atoms with E-state index < -0.39 is 0 Å². The Morgan fingerprint density at radius 3 is 2.74 bits per heavy atom. The Hall–Kier alpha value is -1.13. The maximum atomic E-state index is 4.52. The number of hydrogen-bond acceptors (Lipinski definition) is 5. The van der Waals surface area contributed by atoms with Gasteiger partial charge >= 0.3 is 124 Å². The van der Waals surface area contributed by atoms with Gasteiger partial charge in [-0.05, 0) is 0 Å². The molecule has 1 aliphatic heterocycles. The van der Waals surface area contributed by atoms with Gasteiger partial charge in [0.05, 0.1) is 0 Å². The van der Waals surface area contributed by atoms with Gasteiger partial charge in [0.15, 0.2) is 0 Å². The van der Waals surface area contributed by atoms with Crippen LogP contribution in [0.1, 0.15) is 5.82 Å². The van der Waals surface area contributed by atoms with E-state index in [0.29, 0.717) is 0 Å². The molecule has 0 spiro atoms. The second kappa shape index (κ2) is 6.87. The second-order valence-electron chi connectivity index (χ2n) is 4.48. The third-order valence-electron chi connectivity index (χ3n) is 3.00. The Kier molecular flexibility index (Phi) is 5.16. The van der Waals surface area contributed by atoms with E-state index in [4.69, 9.17) is 0 Å². The van der Waals surface area contributed by atoms with Crippen molar-refractivity contribution in [2.24, 2.45) is 4.99 Å². The summed E-state index contributed by atoms with van der Waals surface area (Å²) in [6.07, 6.45) is 1.66. The molecule has 2 heterocycles. The van der Waals surface area contributed by atoms with Crippen molar-refractivity contribution in [1.82, 2.24) is 14.9 Å². The Morgan fingerprint density at radius 2 is 2.05 bits per heavy atom. The van der Waals surface area contributed by atoms with Crippen molar-refractivity contribution < 1.29 is 19.4 Å². The van der Waals surface area contributed by atoms with Gasteiger partial charge in [-0.1, -0.05) is 0 Å². The van der Waals surface area contributed by atoms with Crippen LogP contribution in [0.25, 0.3) is 0 Å². The molecule has 6 nitrogen and oxygen atoms in total. The molecule has 1 fully saturated rings. The Morgan fingerprint density at radius 1 is 1.32 bits per heavy atom. The van der Waals surface area contributed by atoms with Crippen molar-refractivity contribution in [3.63, 3.8) is 0 Å². The van der Waals surface area contributed by atoms with Gasteiger partial charge < -0.3 is 0 Å². The van der Waals surface area contributed by atoms with Crippen LogP contribution in [0.4, 0.5) is 11.6 Å². The third-order valence-corrected chi connectivity index (χ3v) is 3.44. The fourth-order valence-corrected chi connectivity index (χ4v) is 2.18. The molecule has 0 atom stereocenters. The molecule has 1 aromatic heterocycles. The molecule has 1 saturated heterocycles. The molecule has 0 bridgehead atoms. The minimum atomic E-state index is 0.776. The molecule has 0 amide bonds. The number of hydrogen-bond donors (Lipinski definition) is 1. The van der Waals surface area contributed by atoms with Crippen LogP contribution >= 0.6 is 0 Å². The van der Waals surface area contributed by atoms with E-state index in [-0.39, 0.29) is 0 Å². The molecular weight excluding hydrogens is 412 g/mol. The maximum absolute atomic E-state index is 4.52. The molecule has 7 heteroatoms. The van der Waals surface area contributed by atoms with Crippen molar-refractivity contribution in [1.29, 1.82) is 0 Å². The first-order valence-electron chi connectivity index (χ1n) is 6.20. The topological polar surface area (TPSA) is 56.7 Å². The molecule has 1 N–H and O–H groups in total. The summed E-state index contributed by atoms with van der Waals surface area (Å²) in [4.78, 5) is 17.5. The fourth-order valence-electron chi connectivity index (χ4n) is 1.96. The van der Waals surface area contributed by atoms with Crippen molar-refractivity contribution in [3.8, 4) is 0 Å². The standard InChI is InChI=1S/C12H18N6.W/c1-10-15-11(14-9-13-2)8-12(16-10)18-6-4-17(3)5-7-18;/h2,8-9H,4-7H2,1,3H3,(H,14,15,16);. The molecule has 0 aliphatic carbocycles. The van der Waals surface area contributed by atoms with E-state index in [2.05, 4.69) is 37.1 Å². The van der Waals surface area contributed by atoms with Gasteiger partial charge in [-0.2, -0.15) is 0 Å². The summed E-state index contributed by atoms with van der Waals surface area (Å²) in [6.45, 7) is 6.07. The number of anilines is 2. The van der Waals surface area contributed by atoms with E-state index in [1.807, 2.05) is 17.5 Å². The number of likely N-dealkylation sites (N-methyl/N-ethyl adjacent to an activating group) is 1. The summed E-state index contributed by atoms with van der Waals surface area (Å²) in [6, 6.07) is 1.98. The molecule has 0 saturated carbocycles. The fraction of sp³-hybridized carbons (Fsp3) is 0.500. The summed E-state index contributed by atoms with van der Waals surface area (Å²) in [5, 5.41) is 3.08. The van der Waals surface area contributed by atoms with Crippen LogP contribution in [0, 0.1) is 6.92 Å². The first-order chi connectivity index (χ1) is 9.19. The normalized spacial score (nSPS) is 16.8. The van der Waals surface area contributed by atoms with Crippen LogP contribution in [0.15, 0.2) is 11.1 Å². The molecular formula is C12H18N6W. The van der Waals surface area contributed by atoms with Crippen LogP contribution in [-0.2, 0) is 19.4 Å². The van der Waals surface area contributed by atoms with Gasteiger partial charge in [0.2, 0.25) is 0 Å². The van der Waals surface area contributed by atoms with Crippen molar-refractivity contribution in [2.45, 2.75) is 6.92 Å². The van der Waals surface area contributed by atoms with Crippen molar-refractivity contribution >= 4 is 22.5 Å². The Labute approximate surface area is 124 Å². The summed E-state index contributed by atoms with van der Waals surface area (Å²) in [5.41, 5.74) is 0. The van der Waals surface area contributed by atoms with E-state index in [9.17, 15) is 0 Å². The van der Waals surface area contributed by atoms with Gasteiger partial charge in [0.25, 0.3) is 0 Å². The van der Waals surface area contributed by atoms with Gasteiger partial charge in [-0.15, -0.1) is 0 Å². The van der Waals surface area contributed by atoms with Crippen LogP contribution in [0.3, 0.4) is 0 Å². The predicted octanol–water partition coefficient (Wildman–Crippen LogP) is 0.284. The molecule has 0 aromatic carbocycles. The van der Waals surface area contributed by atoms with E-state index in [1.165, 1.54) is 19.4 Å². The van der Waals surface area contributed by atoms with Gasteiger partial charge in [0, 0.05) is 0 Å². The Bertz CT molecular complexity index is 467. The number of aromatic nitrogens is 2. The van der Waals surface area contributed by atoms with E-state index in [1.54, 1.807) is 6.34 Å². The van der Waals surface area contributed by atoms with Crippen molar-refractivity contribution in [2.75, 3.05) is 43.4 Å². The number of rotatable bonds is 4. The molecule has 0 radical (unpaired) electrons. The molecule has 2 rings (SSSR count). The minimum absolute atomic E-state index is 0.776. The first-order valence-corrected chi connectivity index (χ1v) is 7.89. The summed E-state index contributed by atoms with van der Waals surface area (Å²) in [7, 11) is 2.15. The predicted molar refractivity (Wildman–Crippen MR) is 74.7 cm³/mol. The van der Waals surface area contributed by atoms with Gasteiger partial charge in [-0.3, -0.25) is 0 Å². The van der Waals surface area contributed by atoms with Crippen LogP contribution in [-0.4, -0.2) is 59.0 Å².